The van der Waals surface area contributed by atoms with E-state index in [9.17, 15) is 4.79 Å². The summed E-state index contributed by atoms with van der Waals surface area (Å²) < 4.78 is 16.4. The van der Waals surface area contributed by atoms with E-state index in [0.717, 1.165) is 42.3 Å². The van der Waals surface area contributed by atoms with Crippen molar-refractivity contribution >= 4 is 5.91 Å². The Balaban J connectivity index is 1.26. The second-order valence-corrected chi connectivity index (χ2v) is 7.20. The zero-order chi connectivity index (χ0) is 19.3. The fourth-order valence-electron chi connectivity index (χ4n) is 3.64. The van der Waals surface area contributed by atoms with Crippen LogP contribution in [0.2, 0.25) is 0 Å². The summed E-state index contributed by atoms with van der Waals surface area (Å²) in [4.78, 5) is 14.3. The highest BCUT2D eigenvalue weighted by Crippen LogP contribution is 2.30. The van der Waals surface area contributed by atoms with Gasteiger partial charge in [-0.15, -0.1) is 0 Å². The fourth-order valence-corrected chi connectivity index (χ4v) is 3.64. The number of carbonyl (C=O) groups is 1. The van der Waals surface area contributed by atoms with E-state index in [1.165, 1.54) is 5.56 Å². The first-order chi connectivity index (χ1) is 13.7. The Kier molecular flexibility index (Phi) is 5.67. The van der Waals surface area contributed by atoms with Gasteiger partial charge in [-0.1, -0.05) is 18.2 Å². The predicted octanol–water partition coefficient (Wildman–Crippen LogP) is 2.40. The molecule has 6 nitrogen and oxygen atoms in total. The number of amides is 1. The lowest BCUT2D eigenvalue weighted by Gasteiger charge is -2.20. The van der Waals surface area contributed by atoms with E-state index in [-0.39, 0.29) is 11.9 Å². The number of methoxy groups -OCH3 is 1. The van der Waals surface area contributed by atoms with Crippen LogP contribution < -0.4 is 19.5 Å². The van der Waals surface area contributed by atoms with E-state index in [1.807, 2.05) is 35.2 Å². The molecular formula is C22H26N2O4. The van der Waals surface area contributed by atoms with Gasteiger partial charge in [0.2, 0.25) is 5.91 Å². The highest BCUT2D eigenvalue weighted by Gasteiger charge is 2.28. The Hall–Kier alpha value is -2.73. The Labute approximate surface area is 165 Å². The van der Waals surface area contributed by atoms with Gasteiger partial charge >= 0.3 is 0 Å². The number of hydrogen-bond donors (Lipinski definition) is 1. The van der Waals surface area contributed by atoms with Gasteiger partial charge in [0.05, 0.1) is 7.11 Å². The number of nitrogens with zero attached hydrogens (tertiary/aromatic N) is 1. The maximum absolute atomic E-state index is 12.3. The minimum Gasteiger partial charge on any atom is -0.497 e. The summed E-state index contributed by atoms with van der Waals surface area (Å²) in [6.07, 6.45) is 1.40. The van der Waals surface area contributed by atoms with Gasteiger partial charge in [0.25, 0.3) is 0 Å². The van der Waals surface area contributed by atoms with Crippen LogP contribution in [0.25, 0.3) is 0 Å². The number of rotatable bonds is 7. The smallest absolute Gasteiger partial charge is 0.224 e. The summed E-state index contributed by atoms with van der Waals surface area (Å²) in [6.45, 7) is 3.39. The molecule has 1 N–H and O–H groups in total. The maximum Gasteiger partial charge on any atom is 0.224 e. The monoisotopic (exact) mass is 382 g/mol. The predicted molar refractivity (Wildman–Crippen MR) is 106 cm³/mol. The summed E-state index contributed by atoms with van der Waals surface area (Å²) in [6, 6.07) is 14.2. The van der Waals surface area contributed by atoms with Crippen molar-refractivity contribution in [3.8, 4) is 17.2 Å². The molecule has 4 rings (SSSR count). The quantitative estimate of drug-likeness (QED) is 0.797. The minimum absolute atomic E-state index is 0.177. The molecule has 0 aromatic heterocycles. The van der Waals surface area contributed by atoms with E-state index in [1.54, 1.807) is 7.11 Å². The summed E-state index contributed by atoms with van der Waals surface area (Å²) in [5, 5.41) is 3.50. The third kappa shape index (κ3) is 4.39. The van der Waals surface area contributed by atoms with Gasteiger partial charge in [0, 0.05) is 32.1 Å². The zero-order valence-corrected chi connectivity index (χ0v) is 16.1. The first-order valence-corrected chi connectivity index (χ1v) is 9.74. The van der Waals surface area contributed by atoms with Crippen molar-refractivity contribution in [1.29, 1.82) is 0 Å². The number of carbonyl (C=O) groups excluding carboxylic acids is 1. The van der Waals surface area contributed by atoms with Crippen molar-refractivity contribution < 1.29 is 19.0 Å². The van der Waals surface area contributed by atoms with Gasteiger partial charge in [0.1, 0.15) is 19.0 Å². The molecule has 0 saturated carbocycles. The van der Waals surface area contributed by atoms with Crippen LogP contribution in [0.5, 0.6) is 17.2 Å². The standard InChI is InChI=1S/C22H26N2O4/c1-26-19-5-2-16(3-6-19)8-9-24-15-18(13-22(24)25)23-14-17-4-7-20-21(12-17)28-11-10-27-20/h2-7,12,18,23H,8-11,13-15H2,1H3/t18-/m0/s1. The van der Waals surface area contributed by atoms with Crippen molar-refractivity contribution in [1.82, 2.24) is 10.2 Å². The summed E-state index contributed by atoms with van der Waals surface area (Å²) >= 11 is 0. The Morgan fingerprint density at radius 3 is 2.61 bits per heavy atom. The number of fused-ring (bicyclic) bond motifs is 1. The van der Waals surface area contributed by atoms with Crippen molar-refractivity contribution in [3.05, 3.63) is 53.6 Å². The molecule has 1 fully saturated rings. The molecule has 1 saturated heterocycles. The Bertz CT molecular complexity index is 822. The SMILES string of the molecule is COc1ccc(CCN2C[C@@H](NCc3ccc4c(c3)OCCO4)CC2=O)cc1. The molecule has 6 heteroatoms. The average Bonchev–Trinajstić information content (AvgIpc) is 3.10. The number of benzene rings is 2. The van der Waals surface area contributed by atoms with E-state index < -0.39 is 0 Å². The van der Waals surface area contributed by atoms with Crippen LogP contribution in [-0.2, 0) is 17.8 Å². The van der Waals surface area contributed by atoms with Crippen LogP contribution in [0.1, 0.15) is 17.5 Å². The van der Waals surface area contributed by atoms with Gasteiger partial charge < -0.3 is 24.4 Å². The fraction of sp³-hybridized carbons (Fsp3) is 0.409. The van der Waals surface area contributed by atoms with Crippen molar-refractivity contribution in [3.63, 3.8) is 0 Å². The minimum atomic E-state index is 0.177. The molecule has 1 atom stereocenters. The van der Waals surface area contributed by atoms with E-state index in [4.69, 9.17) is 14.2 Å². The van der Waals surface area contributed by atoms with Crippen LogP contribution in [0.15, 0.2) is 42.5 Å². The summed E-state index contributed by atoms with van der Waals surface area (Å²) in [5.41, 5.74) is 2.34. The maximum atomic E-state index is 12.3. The Morgan fingerprint density at radius 2 is 1.82 bits per heavy atom. The van der Waals surface area contributed by atoms with E-state index in [0.29, 0.717) is 26.2 Å². The van der Waals surface area contributed by atoms with Gasteiger partial charge in [-0.25, -0.2) is 0 Å². The molecule has 2 aliphatic rings. The summed E-state index contributed by atoms with van der Waals surface area (Å²) in [7, 11) is 1.66. The summed E-state index contributed by atoms with van der Waals surface area (Å²) in [5.74, 6) is 2.67. The lowest BCUT2D eigenvalue weighted by atomic mass is 10.1. The molecule has 28 heavy (non-hydrogen) atoms. The highest BCUT2D eigenvalue weighted by atomic mass is 16.6. The largest absolute Gasteiger partial charge is 0.497 e. The molecule has 0 spiro atoms. The van der Waals surface area contributed by atoms with Crippen LogP contribution in [-0.4, -0.2) is 50.3 Å². The lowest BCUT2D eigenvalue weighted by molar-refractivity contribution is -0.127. The molecule has 148 valence electrons. The zero-order valence-electron chi connectivity index (χ0n) is 16.1. The molecule has 2 aliphatic heterocycles. The topological polar surface area (TPSA) is 60.0 Å². The van der Waals surface area contributed by atoms with Gasteiger partial charge in [-0.05, 0) is 41.8 Å². The molecule has 2 aromatic carbocycles. The third-order valence-corrected chi connectivity index (χ3v) is 5.25. The van der Waals surface area contributed by atoms with Crippen LogP contribution >= 0.6 is 0 Å². The lowest BCUT2D eigenvalue weighted by Crippen LogP contribution is -2.33. The van der Waals surface area contributed by atoms with Crippen LogP contribution in [0.3, 0.4) is 0 Å². The number of nitrogens with one attached hydrogen (secondary N) is 1. The van der Waals surface area contributed by atoms with Crippen LogP contribution in [0, 0.1) is 0 Å². The van der Waals surface area contributed by atoms with Gasteiger partial charge in [0.15, 0.2) is 11.5 Å². The normalized spacial score (nSPS) is 18.4. The third-order valence-electron chi connectivity index (χ3n) is 5.25. The van der Waals surface area contributed by atoms with Crippen molar-refractivity contribution in [2.75, 3.05) is 33.4 Å². The second kappa shape index (κ2) is 8.52. The molecule has 1 amide bonds. The number of likely N-dealkylation sites (tertiary alicyclic amines) is 1. The van der Waals surface area contributed by atoms with Crippen molar-refractivity contribution in [2.24, 2.45) is 0 Å². The number of hydrogen-bond acceptors (Lipinski definition) is 5. The highest BCUT2D eigenvalue weighted by molar-refractivity contribution is 5.79. The average molecular weight is 382 g/mol. The van der Waals surface area contributed by atoms with E-state index >= 15 is 0 Å². The first kappa shape index (κ1) is 18.6. The molecule has 0 bridgehead atoms. The Morgan fingerprint density at radius 1 is 1.07 bits per heavy atom. The number of ether oxygens (including phenoxy) is 3. The molecule has 0 unspecified atom stereocenters. The molecule has 0 aliphatic carbocycles. The molecule has 2 aromatic rings. The van der Waals surface area contributed by atoms with E-state index in [2.05, 4.69) is 17.4 Å². The molecule has 0 radical (unpaired) electrons. The second-order valence-electron chi connectivity index (χ2n) is 7.20. The van der Waals surface area contributed by atoms with Crippen molar-refractivity contribution in [2.45, 2.75) is 25.4 Å². The molecular weight excluding hydrogens is 356 g/mol. The first-order valence-electron chi connectivity index (χ1n) is 9.74. The van der Waals surface area contributed by atoms with Crippen LogP contribution in [0.4, 0.5) is 0 Å². The molecule has 2 heterocycles. The van der Waals surface area contributed by atoms with Gasteiger partial charge in [-0.2, -0.15) is 0 Å². The van der Waals surface area contributed by atoms with Gasteiger partial charge in [-0.3, -0.25) is 4.79 Å².